The van der Waals surface area contributed by atoms with E-state index in [0.717, 1.165) is 28.0 Å². The van der Waals surface area contributed by atoms with Crippen molar-refractivity contribution in [2.75, 3.05) is 5.73 Å². The molecule has 0 radical (unpaired) electrons. The maximum absolute atomic E-state index is 6.10. The summed E-state index contributed by atoms with van der Waals surface area (Å²) in [6.07, 6.45) is 0. The van der Waals surface area contributed by atoms with Gasteiger partial charge in [0, 0.05) is 21.9 Å². The van der Waals surface area contributed by atoms with Crippen molar-refractivity contribution in [1.29, 1.82) is 0 Å². The molecule has 3 rings (SSSR count). The largest absolute Gasteiger partial charge is 0.374 e. The molecule has 2 heterocycles. The van der Waals surface area contributed by atoms with Gasteiger partial charge in [0.1, 0.15) is 5.69 Å². The third-order valence-electron chi connectivity index (χ3n) is 2.64. The minimum atomic E-state index is 0.439. The molecule has 0 saturated heterocycles. The molecular weight excluding hydrogens is 268 g/mol. The van der Waals surface area contributed by atoms with Crippen molar-refractivity contribution in [2.45, 2.75) is 6.92 Å². The Morgan fingerprint density at radius 3 is 2.78 bits per heavy atom. The molecule has 3 aromatic rings. The lowest BCUT2D eigenvalue weighted by Crippen LogP contribution is -1.89. The Morgan fingerprint density at radius 1 is 1.22 bits per heavy atom. The van der Waals surface area contributed by atoms with E-state index in [-0.39, 0.29) is 0 Å². The van der Waals surface area contributed by atoms with Crippen LogP contribution in [0.5, 0.6) is 0 Å². The van der Waals surface area contributed by atoms with Crippen LogP contribution in [0.2, 0.25) is 5.02 Å². The molecule has 0 aliphatic heterocycles. The standard InChI is InChI=1S/C12H9ClN4S/c1-6-4-7-2-3-9(11-16-12(14)18-17-11)15-10(7)5-8(6)13/h2-5H,1H3,(H2,14,16,17). The number of benzene rings is 1. The lowest BCUT2D eigenvalue weighted by atomic mass is 10.1. The molecule has 0 saturated carbocycles. The number of nitrogen functional groups attached to an aromatic ring is 1. The number of aryl methyl sites for hydroxylation is 1. The van der Waals surface area contributed by atoms with Crippen LogP contribution in [0.15, 0.2) is 24.3 Å². The molecule has 0 spiro atoms. The number of rotatable bonds is 1. The van der Waals surface area contributed by atoms with E-state index in [4.69, 9.17) is 17.3 Å². The fraction of sp³-hybridized carbons (Fsp3) is 0.0833. The van der Waals surface area contributed by atoms with Crippen molar-refractivity contribution in [3.8, 4) is 11.5 Å². The topological polar surface area (TPSA) is 64.7 Å². The molecule has 0 fully saturated rings. The highest BCUT2D eigenvalue weighted by Gasteiger charge is 2.08. The number of aromatic nitrogens is 3. The first-order chi connectivity index (χ1) is 8.63. The quantitative estimate of drug-likeness (QED) is 0.741. The minimum Gasteiger partial charge on any atom is -0.374 e. The highest BCUT2D eigenvalue weighted by molar-refractivity contribution is 7.09. The van der Waals surface area contributed by atoms with Crippen molar-refractivity contribution in [3.63, 3.8) is 0 Å². The molecule has 0 amide bonds. The maximum Gasteiger partial charge on any atom is 0.200 e. The number of nitrogens with two attached hydrogens (primary N) is 1. The van der Waals surface area contributed by atoms with E-state index in [1.54, 1.807) is 0 Å². The molecule has 0 bridgehead atoms. The Balaban J connectivity index is 2.19. The molecule has 0 unspecified atom stereocenters. The van der Waals surface area contributed by atoms with Crippen LogP contribution in [0.25, 0.3) is 22.4 Å². The van der Waals surface area contributed by atoms with E-state index in [2.05, 4.69) is 14.3 Å². The lowest BCUT2D eigenvalue weighted by Gasteiger charge is -2.03. The van der Waals surface area contributed by atoms with Crippen LogP contribution < -0.4 is 5.73 Å². The van der Waals surface area contributed by atoms with Crippen molar-refractivity contribution >= 4 is 39.2 Å². The second-order valence-electron chi connectivity index (χ2n) is 3.95. The van der Waals surface area contributed by atoms with Crippen LogP contribution in [-0.4, -0.2) is 14.3 Å². The van der Waals surface area contributed by atoms with Crippen LogP contribution in [-0.2, 0) is 0 Å². The summed E-state index contributed by atoms with van der Waals surface area (Å²) in [5, 5.41) is 2.19. The fourth-order valence-electron chi connectivity index (χ4n) is 1.72. The van der Waals surface area contributed by atoms with E-state index in [1.165, 1.54) is 0 Å². The third kappa shape index (κ3) is 1.91. The van der Waals surface area contributed by atoms with Gasteiger partial charge in [-0.25, -0.2) is 4.98 Å². The molecule has 4 nitrogen and oxygen atoms in total. The summed E-state index contributed by atoms with van der Waals surface area (Å²) >= 11 is 7.26. The first-order valence-electron chi connectivity index (χ1n) is 5.30. The van der Waals surface area contributed by atoms with Gasteiger partial charge in [0.05, 0.1) is 5.52 Å². The molecule has 6 heteroatoms. The minimum absolute atomic E-state index is 0.439. The summed E-state index contributed by atoms with van der Waals surface area (Å²) in [7, 11) is 0. The van der Waals surface area contributed by atoms with Gasteiger partial charge in [0.2, 0.25) is 0 Å². The summed E-state index contributed by atoms with van der Waals surface area (Å²) in [5.41, 5.74) is 8.14. The normalized spacial score (nSPS) is 11.0. The van der Waals surface area contributed by atoms with Gasteiger partial charge in [-0.2, -0.15) is 9.36 Å². The monoisotopic (exact) mass is 276 g/mol. The number of anilines is 1. The van der Waals surface area contributed by atoms with Crippen molar-refractivity contribution < 1.29 is 0 Å². The number of nitrogens with zero attached hydrogens (tertiary/aromatic N) is 3. The smallest absolute Gasteiger partial charge is 0.200 e. The highest BCUT2D eigenvalue weighted by atomic mass is 35.5. The summed E-state index contributed by atoms with van der Waals surface area (Å²) in [5.74, 6) is 0.552. The first kappa shape index (κ1) is 11.4. The van der Waals surface area contributed by atoms with Gasteiger partial charge < -0.3 is 5.73 Å². The Bertz CT molecular complexity index is 738. The third-order valence-corrected chi connectivity index (χ3v) is 3.59. The molecule has 90 valence electrons. The number of hydrogen-bond acceptors (Lipinski definition) is 5. The number of fused-ring (bicyclic) bond motifs is 1. The van der Waals surface area contributed by atoms with Gasteiger partial charge >= 0.3 is 0 Å². The first-order valence-corrected chi connectivity index (χ1v) is 6.45. The molecule has 0 aliphatic carbocycles. The Hall–Kier alpha value is -1.72. The van der Waals surface area contributed by atoms with E-state index < -0.39 is 0 Å². The van der Waals surface area contributed by atoms with E-state index in [0.29, 0.717) is 21.7 Å². The van der Waals surface area contributed by atoms with E-state index in [1.807, 2.05) is 31.2 Å². The number of pyridine rings is 1. The van der Waals surface area contributed by atoms with Crippen molar-refractivity contribution in [1.82, 2.24) is 14.3 Å². The van der Waals surface area contributed by atoms with Crippen LogP contribution in [0.3, 0.4) is 0 Å². The molecule has 2 aromatic heterocycles. The molecular formula is C12H9ClN4S. The molecule has 1 aromatic carbocycles. The zero-order valence-electron chi connectivity index (χ0n) is 9.51. The predicted molar refractivity (Wildman–Crippen MR) is 74.8 cm³/mol. The predicted octanol–water partition coefficient (Wildman–Crippen LogP) is 3.30. The van der Waals surface area contributed by atoms with Crippen LogP contribution in [0.1, 0.15) is 5.56 Å². The fourth-order valence-corrected chi connectivity index (χ4v) is 2.32. The summed E-state index contributed by atoms with van der Waals surface area (Å²) in [4.78, 5) is 8.62. The number of hydrogen-bond donors (Lipinski definition) is 1. The van der Waals surface area contributed by atoms with E-state index >= 15 is 0 Å². The summed E-state index contributed by atoms with van der Waals surface area (Å²) < 4.78 is 4.14. The van der Waals surface area contributed by atoms with Gasteiger partial charge in [-0.3, -0.25) is 0 Å². The summed E-state index contributed by atoms with van der Waals surface area (Å²) in [6.45, 7) is 1.97. The zero-order valence-corrected chi connectivity index (χ0v) is 11.1. The van der Waals surface area contributed by atoms with Gasteiger partial charge in [-0.15, -0.1) is 0 Å². The van der Waals surface area contributed by atoms with Gasteiger partial charge in [0.25, 0.3) is 0 Å². The molecule has 0 atom stereocenters. The zero-order chi connectivity index (χ0) is 12.7. The Morgan fingerprint density at radius 2 is 2.06 bits per heavy atom. The highest BCUT2D eigenvalue weighted by Crippen LogP contribution is 2.25. The van der Waals surface area contributed by atoms with Crippen LogP contribution in [0, 0.1) is 6.92 Å². The van der Waals surface area contributed by atoms with Crippen LogP contribution in [0.4, 0.5) is 5.13 Å². The Labute approximate surface area is 113 Å². The number of halogens is 1. The van der Waals surface area contributed by atoms with Crippen LogP contribution >= 0.6 is 23.1 Å². The molecule has 0 aliphatic rings. The van der Waals surface area contributed by atoms with Crippen molar-refractivity contribution in [3.05, 3.63) is 34.9 Å². The van der Waals surface area contributed by atoms with E-state index in [9.17, 15) is 0 Å². The lowest BCUT2D eigenvalue weighted by molar-refractivity contribution is 1.26. The SMILES string of the molecule is Cc1cc2ccc(-c3nsc(N)n3)nc2cc1Cl. The van der Waals surface area contributed by atoms with Gasteiger partial charge in [-0.05, 0) is 30.7 Å². The Kier molecular flexibility index (Phi) is 2.65. The maximum atomic E-state index is 6.10. The molecule has 18 heavy (non-hydrogen) atoms. The average Bonchev–Trinajstić information content (AvgIpc) is 2.77. The second-order valence-corrected chi connectivity index (χ2v) is 5.14. The van der Waals surface area contributed by atoms with Gasteiger partial charge in [0.15, 0.2) is 11.0 Å². The second kappa shape index (κ2) is 4.19. The van der Waals surface area contributed by atoms with Gasteiger partial charge in [-0.1, -0.05) is 17.7 Å². The van der Waals surface area contributed by atoms with Crippen molar-refractivity contribution in [2.24, 2.45) is 0 Å². The summed E-state index contributed by atoms with van der Waals surface area (Å²) in [6, 6.07) is 7.73. The average molecular weight is 277 g/mol. The molecule has 2 N–H and O–H groups in total.